The van der Waals surface area contributed by atoms with E-state index in [0.29, 0.717) is 12.3 Å². The second kappa shape index (κ2) is 8.63. The number of aliphatic hydroxyl groups excluding tert-OH is 1. The highest BCUT2D eigenvalue weighted by Crippen LogP contribution is 2.28. The van der Waals surface area contributed by atoms with E-state index in [0.717, 1.165) is 41.5 Å². The number of anilines is 1. The Balaban J connectivity index is 1.48. The van der Waals surface area contributed by atoms with Crippen molar-refractivity contribution >= 4 is 23.4 Å². The lowest BCUT2D eigenvalue weighted by atomic mass is 10.0. The van der Waals surface area contributed by atoms with Gasteiger partial charge in [0.15, 0.2) is 5.16 Å². The third-order valence-electron chi connectivity index (χ3n) is 4.98. The summed E-state index contributed by atoms with van der Waals surface area (Å²) in [4.78, 5) is 19.2. The minimum absolute atomic E-state index is 0.0756. The van der Waals surface area contributed by atoms with Crippen LogP contribution in [0.4, 0.5) is 5.69 Å². The Morgan fingerprint density at radius 1 is 1.11 bits per heavy atom. The van der Waals surface area contributed by atoms with E-state index in [-0.39, 0.29) is 12.5 Å². The normalized spacial score (nSPS) is 13.4. The van der Waals surface area contributed by atoms with E-state index >= 15 is 0 Å². The smallest absolute Gasteiger partial charge is 0.237 e. The standard InChI is InChI=1S/C22H23N3O2S/c26-15-19-13-23-22(25(19)14-17-7-2-1-3-8-17)28-16-21(27)24-12-6-10-18-9-4-5-11-20(18)24/h1-5,7-9,11,13,26H,6,10,12,14-16H2. The summed E-state index contributed by atoms with van der Waals surface area (Å²) in [6.07, 6.45) is 3.70. The summed E-state index contributed by atoms with van der Waals surface area (Å²) in [5.74, 6) is 0.419. The molecule has 0 spiro atoms. The highest BCUT2D eigenvalue weighted by Gasteiger charge is 2.23. The monoisotopic (exact) mass is 393 g/mol. The van der Waals surface area contributed by atoms with Gasteiger partial charge in [-0.25, -0.2) is 4.98 Å². The number of aliphatic hydroxyl groups is 1. The van der Waals surface area contributed by atoms with Gasteiger partial charge in [0, 0.05) is 18.8 Å². The summed E-state index contributed by atoms with van der Waals surface area (Å²) in [6.45, 7) is 1.31. The van der Waals surface area contributed by atoms with Crippen molar-refractivity contribution in [1.29, 1.82) is 0 Å². The molecule has 0 atom stereocenters. The van der Waals surface area contributed by atoms with Crippen molar-refractivity contribution in [3.8, 4) is 0 Å². The maximum atomic E-state index is 12.9. The van der Waals surface area contributed by atoms with E-state index in [9.17, 15) is 9.90 Å². The molecule has 0 saturated carbocycles. The van der Waals surface area contributed by atoms with Gasteiger partial charge in [0.05, 0.1) is 24.3 Å². The fourth-order valence-corrected chi connectivity index (χ4v) is 4.44. The maximum absolute atomic E-state index is 12.9. The third-order valence-corrected chi connectivity index (χ3v) is 5.96. The summed E-state index contributed by atoms with van der Waals surface area (Å²) >= 11 is 1.43. The average molecular weight is 394 g/mol. The number of hydrogen-bond donors (Lipinski definition) is 1. The lowest BCUT2D eigenvalue weighted by molar-refractivity contribution is -0.116. The fourth-order valence-electron chi connectivity index (χ4n) is 3.57. The molecule has 144 valence electrons. The van der Waals surface area contributed by atoms with E-state index in [1.807, 2.05) is 58.0 Å². The van der Waals surface area contributed by atoms with Gasteiger partial charge < -0.3 is 14.6 Å². The van der Waals surface area contributed by atoms with E-state index in [2.05, 4.69) is 11.1 Å². The zero-order valence-corrected chi connectivity index (χ0v) is 16.4. The molecule has 6 heteroatoms. The van der Waals surface area contributed by atoms with E-state index < -0.39 is 0 Å². The zero-order valence-electron chi connectivity index (χ0n) is 15.6. The Morgan fingerprint density at radius 2 is 1.89 bits per heavy atom. The first-order valence-electron chi connectivity index (χ1n) is 9.46. The summed E-state index contributed by atoms with van der Waals surface area (Å²) < 4.78 is 1.98. The largest absolute Gasteiger partial charge is 0.390 e. The quantitative estimate of drug-likeness (QED) is 0.651. The molecule has 1 amide bonds. The molecule has 28 heavy (non-hydrogen) atoms. The Bertz CT molecular complexity index is 955. The third kappa shape index (κ3) is 3.98. The van der Waals surface area contributed by atoms with E-state index in [4.69, 9.17) is 0 Å². The van der Waals surface area contributed by atoms with Gasteiger partial charge >= 0.3 is 0 Å². The molecule has 5 nitrogen and oxygen atoms in total. The molecule has 0 saturated heterocycles. The lowest BCUT2D eigenvalue weighted by Crippen LogP contribution is -2.36. The summed E-state index contributed by atoms with van der Waals surface area (Å²) in [6, 6.07) is 18.2. The first kappa shape index (κ1) is 18.8. The number of imidazole rings is 1. The summed E-state index contributed by atoms with van der Waals surface area (Å²) in [5, 5.41) is 10.4. The molecule has 0 aliphatic carbocycles. The molecule has 0 bridgehead atoms. The number of carbonyl (C=O) groups excluding carboxylic acids is 1. The van der Waals surface area contributed by atoms with Gasteiger partial charge in [0.1, 0.15) is 0 Å². The number of aromatic nitrogens is 2. The number of nitrogens with zero attached hydrogens (tertiary/aromatic N) is 3. The highest BCUT2D eigenvalue weighted by molar-refractivity contribution is 7.99. The van der Waals surface area contributed by atoms with Crippen molar-refractivity contribution in [2.24, 2.45) is 0 Å². The van der Waals surface area contributed by atoms with Gasteiger partial charge in [0.2, 0.25) is 5.91 Å². The van der Waals surface area contributed by atoms with Crippen LogP contribution in [-0.2, 0) is 24.4 Å². The Hall–Kier alpha value is -2.57. The van der Waals surface area contributed by atoms with Crippen LogP contribution < -0.4 is 4.90 Å². The molecule has 1 aliphatic rings. The molecule has 1 N–H and O–H groups in total. The number of rotatable bonds is 6. The molecular weight excluding hydrogens is 370 g/mol. The van der Waals surface area contributed by atoms with Crippen molar-refractivity contribution in [3.05, 3.63) is 77.6 Å². The SMILES string of the molecule is O=C(CSc1ncc(CO)n1Cc1ccccc1)N1CCCc2ccccc21. The molecular formula is C22H23N3O2S. The molecule has 0 unspecified atom stereocenters. The van der Waals surface area contributed by atoms with Crippen LogP contribution in [0, 0.1) is 0 Å². The number of hydrogen-bond acceptors (Lipinski definition) is 4. The van der Waals surface area contributed by atoms with Crippen LogP contribution in [0.25, 0.3) is 0 Å². The van der Waals surface area contributed by atoms with Crippen molar-refractivity contribution in [2.45, 2.75) is 31.1 Å². The topological polar surface area (TPSA) is 58.4 Å². The van der Waals surface area contributed by atoms with Crippen LogP contribution >= 0.6 is 11.8 Å². The second-order valence-electron chi connectivity index (χ2n) is 6.83. The number of benzene rings is 2. The number of fused-ring (bicyclic) bond motifs is 1. The average Bonchev–Trinajstić information content (AvgIpc) is 3.13. The van der Waals surface area contributed by atoms with Gasteiger partial charge in [0.25, 0.3) is 0 Å². The van der Waals surface area contributed by atoms with E-state index in [1.165, 1.54) is 17.3 Å². The summed E-state index contributed by atoms with van der Waals surface area (Å²) in [5.41, 5.74) is 4.15. The molecule has 3 aromatic rings. The van der Waals surface area contributed by atoms with Gasteiger partial charge in [-0.1, -0.05) is 60.3 Å². The molecule has 2 heterocycles. The first-order chi connectivity index (χ1) is 13.8. The van der Waals surface area contributed by atoms with Crippen molar-refractivity contribution in [1.82, 2.24) is 9.55 Å². The molecule has 1 aromatic heterocycles. The Morgan fingerprint density at radius 3 is 2.71 bits per heavy atom. The number of amides is 1. The fraction of sp³-hybridized carbons (Fsp3) is 0.273. The molecule has 1 aliphatic heterocycles. The number of aryl methyl sites for hydroxylation is 1. The number of carbonyl (C=O) groups is 1. The zero-order chi connectivity index (χ0) is 19.3. The summed E-state index contributed by atoms with van der Waals surface area (Å²) in [7, 11) is 0. The van der Waals surface area contributed by atoms with Gasteiger partial charge in [-0.15, -0.1) is 0 Å². The molecule has 0 radical (unpaired) electrons. The highest BCUT2D eigenvalue weighted by atomic mass is 32.2. The van der Waals surface area contributed by atoms with Crippen molar-refractivity contribution in [2.75, 3.05) is 17.2 Å². The Labute approximate surface area is 169 Å². The molecule has 0 fully saturated rings. The first-order valence-corrected chi connectivity index (χ1v) is 10.4. The predicted octanol–water partition coefficient (Wildman–Crippen LogP) is 3.50. The second-order valence-corrected chi connectivity index (χ2v) is 7.77. The number of para-hydroxylation sites is 1. The van der Waals surface area contributed by atoms with Gasteiger partial charge in [-0.2, -0.15) is 0 Å². The van der Waals surface area contributed by atoms with Gasteiger partial charge in [-0.05, 0) is 30.0 Å². The van der Waals surface area contributed by atoms with E-state index in [1.54, 1.807) is 6.20 Å². The van der Waals surface area contributed by atoms with Gasteiger partial charge in [-0.3, -0.25) is 4.79 Å². The molecule has 4 rings (SSSR count). The predicted molar refractivity (Wildman–Crippen MR) is 112 cm³/mol. The van der Waals surface area contributed by atoms with Crippen LogP contribution in [0.5, 0.6) is 0 Å². The number of thioether (sulfide) groups is 1. The van der Waals surface area contributed by atoms with Crippen molar-refractivity contribution < 1.29 is 9.90 Å². The van der Waals surface area contributed by atoms with Crippen LogP contribution in [0.1, 0.15) is 23.2 Å². The van der Waals surface area contributed by atoms with Crippen LogP contribution in [-0.4, -0.2) is 32.9 Å². The van der Waals surface area contributed by atoms with Crippen LogP contribution in [0.15, 0.2) is 66.0 Å². The van der Waals surface area contributed by atoms with Crippen molar-refractivity contribution in [3.63, 3.8) is 0 Å². The lowest BCUT2D eigenvalue weighted by Gasteiger charge is -2.29. The Kier molecular flexibility index (Phi) is 5.78. The van der Waals surface area contributed by atoms with Crippen LogP contribution in [0.2, 0.25) is 0 Å². The minimum atomic E-state index is -0.0756. The van der Waals surface area contributed by atoms with Crippen LogP contribution in [0.3, 0.4) is 0 Å². The minimum Gasteiger partial charge on any atom is -0.390 e. The molecule has 2 aromatic carbocycles. The maximum Gasteiger partial charge on any atom is 0.237 e.